The topological polar surface area (TPSA) is 105 Å². The first-order chi connectivity index (χ1) is 14.3. The third-order valence-electron chi connectivity index (χ3n) is 4.72. The lowest BCUT2D eigenvalue weighted by molar-refractivity contribution is -0.808. The summed E-state index contributed by atoms with van der Waals surface area (Å²) in [7, 11) is 0. The Morgan fingerprint density at radius 3 is 2.33 bits per heavy atom. The van der Waals surface area contributed by atoms with Gasteiger partial charge in [-0.1, -0.05) is 0 Å². The van der Waals surface area contributed by atoms with Crippen LogP contribution in [0.15, 0.2) is 42.5 Å². The van der Waals surface area contributed by atoms with Gasteiger partial charge in [0.05, 0.1) is 13.2 Å². The van der Waals surface area contributed by atoms with Crippen molar-refractivity contribution in [2.45, 2.75) is 18.7 Å². The minimum atomic E-state index is -4.86. The van der Waals surface area contributed by atoms with Crippen LogP contribution in [0.5, 0.6) is 5.75 Å². The number of nitrogens with zero attached hydrogens (tertiary/aromatic N) is 2. The number of hydrogen-bond donors (Lipinski definition) is 1. The van der Waals surface area contributed by atoms with E-state index in [4.69, 9.17) is 9.47 Å². The molecular weight excluding hydrogens is 407 g/mol. The van der Waals surface area contributed by atoms with Crippen molar-refractivity contribution in [2.75, 3.05) is 13.2 Å². The van der Waals surface area contributed by atoms with Crippen LogP contribution in [-0.2, 0) is 9.47 Å². The standard InChI is InChI=1S/C19H14F3N3O5/c20-19(21,22)30-13-4-1-11(2-5-13)17-16(10-23)24(26)15-9-12(18-28-7-8-29-18)3-6-14(15)25(17)27/h1-6,9,17-18,25H,7-8H2. The summed E-state index contributed by atoms with van der Waals surface area (Å²) in [6.07, 6.45) is -5.52. The number of hydrogen-bond acceptors (Lipinski definition) is 6. The number of alkyl halides is 3. The van der Waals surface area contributed by atoms with Gasteiger partial charge in [0.2, 0.25) is 11.7 Å². The maximum absolute atomic E-state index is 13.1. The second-order valence-electron chi connectivity index (χ2n) is 6.56. The number of rotatable bonds is 3. The summed E-state index contributed by atoms with van der Waals surface area (Å²) in [4.78, 5) is 0. The van der Waals surface area contributed by atoms with E-state index in [1.165, 1.54) is 24.3 Å². The van der Waals surface area contributed by atoms with Crippen LogP contribution in [-0.4, -0.2) is 30.0 Å². The first-order valence-electron chi connectivity index (χ1n) is 8.80. The molecule has 1 fully saturated rings. The number of benzene rings is 2. The molecule has 2 unspecified atom stereocenters. The molecule has 2 aliphatic rings. The highest BCUT2D eigenvalue weighted by Gasteiger charge is 2.41. The molecule has 2 heterocycles. The molecule has 2 aromatic carbocycles. The van der Waals surface area contributed by atoms with Crippen molar-refractivity contribution in [1.82, 2.24) is 0 Å². The van der Waals surface area contributed by atoms with Crippen LogP contribution < -0.4 is 9.80 Å². The normalized spacial score (nSPS) is 22.0. The van der Waals surface area contributed by atoms with Gasteiger partial charge in [-0.25, -0.2) is 0 Å². The highest BCUT2D eigenvalue weighted by molar-refractivity contribution is 6.00. The maximum atomic E-state index is 13.1. The second kappa shape index (κ2) is 7.58. The number of halogens is 3. The van der Waals surface area contributed by atoms with E-state index >= 15 is 0 Å². The Morgan fingerprint density at radius 2 is 1.73 bits per heavy atom. The second-order valence-corrected chi connectivity index (χ2v) is 6.56. The van der Waals surface area contributed by atoms with Crippen molar-refractivity contribution < 1.29 is 37.2 Å². The molecule has 2 atom stereocenters. The summed E-state index contributed by atoms with van der Waals surface area (Å²) in [6.45, 7) is 0.793. The van der Waals surface area contributed by atoms with Gasteiger partial charge >= 0.3 is 12.1 Å². The maximum Gasteiger partial charge on any atom is 0.573 e. The number of quaternary nitrogens is 1. The zero-order valence-electron chi connectivity index (χ0n) is 15.2. The predicted molar refractivity (Wildman–Crippen MR) is 94.9 cm³/mol. The Labute approximate surface area is 168 Å². The van der Waals surface area contributed by atoms with Gasteiger partial charge in [-0.3, -0.25) is 0 Å². The smallest absolute Gasteiger partial charge is 0.573 e. The molecule has 0 saturated carbocycles. The summed E-state index contributed by atoms with van der Waals surface area (Å²) >= 11 is 0. The van der Waals surface area contributed by atoms with Gasteiger partial charge in [0.25, 0.3) is 5.69 Å². The molecule has 2 aromatic rings. The van der Waals surface area contributed by atoms with Gasteiger partial charge in [-0.05, 0) is 30.3 Å². The van der Waals surface area contributed by atoms with E-state index in [0.717, 1.165) is 12.1 Å². The zero-order chi connectivity index (χ0) is 21.5. The largest absolute Gasteiger partial charge is 0.628 e. The van der Waals surface area contributed by atoms with Crippen LogP contribution in [0.4, 0.5) is 24.5 Å². The average Bonchev–Trinajstić information content (AvgIpc) is 3.24. The summed E-state index contributed by atoms with van der Waals surface area (Å²) in [5, 5.41) is 34.9. The zero-order valence-corrected chi connectivity index (χ0v) is 15.2. The summed E-state index contributed by atoms with van der Waals surface area (Å²) in [6, 6.07) is 9.46. The Balaban J connectivity index is 1.71. The van der Waals surface area contributed by atoms with E-state index in [-0.39, 0.29) is 22.6 Å². The van der Waals surface area contributed by atoms with Gasteiger partial charge in [-0.15, -0.1) is 17.9 Å². The molecule has 30 heavy (non-hydrogen) atoms. The van der Waals surface area contributed by atoms with Crippen LogP contribution in [0.3, 0.4) is 0 Å². The van der Waals surface area contributed by atoms with Crippen molar-refractivity contribution in [1.29, 1.82) is 5.26 Å². The van der Waals surface area contributed by atoms with E-state index in [1.54, 1.807) is 12.1 Å². The SMILES string of the molecule is N#CC1=[N+]([O-])c2cc(C3OCCO3)ccc2[NH+]([O-])C1c1ccc(OC(F)(F)F)cc1. The number of fused-ring (bicyclic) bond motifs is 1. The third-order valence-corrected chi connectivity index (χ3v) is 4.72. The lowest BCUT2D eigenvalue weighted by Crippen LogP contribution is -3.04. The Bertz CT molecular complexity index is 1030. The highest BCUT2D eigenvalue weighted by Crippen LogP contribution is 2.34. The van der Waals surface area contributed by atoms with E-state index in [1.807, 2.05) is 0 Å². The quantitative estimate of drug-likeness (QED) is 0.603. The Kier molecular flexibility index (Phi) is 5.08. The average molecular weight is 421 g/mol. The fourth-order valence-electron chi connectivity index (χ4n) is 3.43. The molecule has 0 bridgehead atoms. The van der Waals surface area contributed by atoms with Gasteiger partial charge in [0.1, 0.15) is 5.75 Å². The van der Waals surface area contributed by atoms with Crippen LogP contribution in [0.2, 0.25) is 0 Å². The highest BCUT2D eigenvalue weighted by atomic mass is 19.4. The first-order valence-corrected chi connectivity index (χ1v) is 8.80. The molecule has 1 N–H and O–H groups in total. The molecule has 4 rings (SSSR count). The van der Waals surface area contributed by atoms with E-state index in [9.17, 15) is 28.8 Å². The third kappa shape index (κ3) is 3.69. The van der Waals surface area contributed by atoms with Crippen molar-refractivity contribution in [2.24, 2.45) is 0 Å². The molecule has 0 aliphatic carbocycles. The van der Waals surface area contributed by atoms with Crippen molar-refractivity contribution in [3.63, 3.8) is 0 Å². The van der Waals surface area contributed by atoms with Crippen molar-refractivity contribution in [3.05, 3.63) is 64.0 Å². The number of hydroxylamine groups is 1. The first kappa shape index (κ1) is 20.1. The van der Waals surface area contributed by atoms with Gasteiger partial charge in [-0.2, -0.15) is 5.26 Å². The molecular formula is C19H14F3N3O5. The predicted octanol–water partition coefficient (Wildman–Crippen LogP) is 2.51. The molecule has 156 valence electrons. The fraction of sp³-hybridized carbons (Fsp3) is 0.263. The lowest BCUT2D eigenvalue weighted by atomic mass is 9.98. The molecule has 0 spiro atoms. The summed E-state index contributed by atoms with van der Waals surface area (Å²) < 4.78 is 52.0. The van der Waals surface area contributed by atoms with E-state index < -0.39 is 29.5 Å². The van der Waals surface area contributed by atoms with Crippen LogP contribution in [0, 0.1) is 21.7 Å². The minimum Gasteiger partial charge on any atom is -0.628 e. The van der Waals surface area contributed by atoms with Crippen molar-refractivity contribution >= 4 is 17.1 Å². The van der Waals surface area contributed by atoms with E-state index in [2.05, 4.69) is 4.74 Å². The Morgan fingerprint density at radius 1 is 1.10 bits per heavy atom. The van der Waals surface area contributed by atoms with Crippen LogP contribution in [0.1, 0.15) is 23.5 Å². The van der Waals surface area contributed by atoms with Gasteiger partial charge in [0, 0.05) is 23.3 Å². The summed E-state index contributed by atoms with van der Waals surface area (Å²) in [5.74, 6) is -0.478. The monoisotopic (exact) mass is 421 g/mol. The number of nitriles is 1. The number of nitrogens with one attached hydrogen (secondary N) is 1. The van der Waals surface area contributed by atoms with Crippen molar-refractivity contribution in [3.8, 4) is 11.8 Å². The van der Waals surface area contributed by atoms with E-state index in [0.29, 0.717) is 23.5 Å². The Hall–Kier alpha value is -3.17. The molecule has 11 heteroatoms. The molecule has 1 saturated heterocycles. The summed E-state index contributed by atoms with van der Waals surface area (Å²) in [5.41, 5.74) is 0.420. The lowest BCUT2D eigenvalue weighted by Gasteiger charge is -2.33. The van der Waals surface area contributed by atoms with Crippen LogP contribution >= 0.6 is 0 Å². The van der Waals surface area contributed by atoms with Gasteiger partial charge < -0.3 is 29.7 Å². The molecule has 2 aliphatic heterocycles. The number of ether oxygens (including phenoxy) is 3. The fourth-order valence-corrected chi connectivity index (χ4v) is 3.43. The molecule has 0 radical (unpaired) electrons. The minimum absolute atomic E-state index is 0.0126. The molecule has 0 amide bonds. The molecule has 8 nitrogen and oxygen atoms in total. The molecule has 0 aromatic heterocycles. The van der Waals surface area contributed by atoms with Crippen LogP contribution in [0.25, 0.3) is 0 Å². The van der Waals surface area contributed by atoms with Gasteiger partial charge in [0.15, 0.2) is 12.4 Å².